The summed E-state index contributed by atoms with van der Waals surface area (Å²) in [6, 6.07) is 21.8. The van der Waals surface area contributed by atoms with Gasteiger partial charge in [-0.15, -0.1) is 11.8 Å². The SMILES string of the molecule is O=C(COc1cccc([C@H]2c3sc(=O)[nH]c3SC3C4CC(C5C(=O)N(c6ccc(Br)cc6)C(=O)C45)C32)c1)Nc1ccc(Cl)cc1. The van der Waals surface area contributed by atoms with Gasteiger partial charge in [-0.1, -0.05) is 51.0 Å². The maximum absolute atomic E-state index is 14.0. The largest absolute Gasteiger partial charge is 0.484 e. The first-order valence-corrected chi connectivity index (χ1v) is 17.4. The van der Waals surface area contributed by atoms with Gasteiger partial charge in [-0.3, -0.25) is 24.1 Å². The second kappa shape index (κ2) is 11.2. The fourth-order valence-electron chi connectivity index (χ4n) is 7.91. The highest BCUT2D eigenvalue weighted by atomic mass is 79.9. The van der Waals surface area contributed by atoms with Gasteiger partial charge >= 0.3 is 4.87 Å². The van der Waals surface area contributed by atoms with Gasteiger partial charge in [0.1, 0.15) is 5.75 Å². The van der Waals surface area contributed by atoms with Crippen molar-refractivity contribution < 1.29 is 19.1 Å². The molecule has 7 atom stereocenters. The number of hydrogen-bond acceptors (Lipinski definition) is 7. The molecular formula is C33H25BrClN3O5S2. The molecule has 1 aromatic heterocycles. The number of amides is 3. The van der Waals surface area contributed by atoms with E-state index in [0.29, 0.717) is 22.1 Å². The van der Waals surface area contributed by atoms with E-state index in [0.717, 1.165) is 26.4 Å². The number of aromatic nitrogens is 1. The number of H-pyrrole nitrogens is 1. The third-order valence-electron chi connectivity index (χ3n) is 9.52. The van der Waals surface area contributed by atoms with Crippen molar-refractivity contribution in [2.45, 2.75) is 22.6 Å². The number of ether oxygens (including phenoxy) is 1. The molecule has 0 radical (unpaired) electrons. The first kappa shape index (κ1) is 29.1. The highest BCUT2D eigenvalue weighted by molar-refractivity contribution is 9.10. The summed E-state index contributed by atoms with van der Waals surface area (Å²) < 4.78 is 6.79. The van der Waals surface area contributed by atoms with Crippen molar-refractivity contribution in [1.29, 1.82) is 0 Å². The molecule has 6 unspecified atom stereocenters. The van der Waals surface area contributed by atoms with Gasteiger partial charge in [-0.25, -0.2) is 0 Å². The fourth-order valence-corrected chi connectivity index (χ4v) is 11.2. The lowest BCUT2D eigenvalue weighted by atomic mass is 9.68. The number of nitrogens with one attached hydrogen (secondary N) is 2. The third-order valence-corrected chi connectivity index (χ3v) is 12.9. The van der Waals surface area contributed by atoms with Crippen LogP contribution in [0, 0.1) is 29.6 Å². The summed E-state index contributed by atoms with van der Waals surface area (Å²) >= 11 is 12.2. The van der Waals surface area contributed by atoms with E-state index >= 15 is 0 Å². The molecule has 0 spiro atoms. The number of carbonyl (C=O) groups is 3. The zero-order valence-corrected chi connectivity index (χ0v) is 27.4. The van der Waals surface area contributed by atoms with Crippen LogP contribution in [0.15, 0.2) is 87.1 Å². The van der Waals surface area contributed by atoms with Crippen molar-refractivity contribution in [2.24, 2.45) is 29.6 Å². The molecular weight excluding hydrogens is 698 g/mol. The van der Waals surface area contributed by atoms with Crippen molar-refractivity contribution in [2.75, 3.05) is 16.8 Å². The molecule has 12 heteroatoms. The summed E-state index contributed by atoms with van der Waals surface area (Å²) in [6.07, 6.45) is 0.806. The number of thiazole rings is 1. The highest BCUT2D eigenvalue weighted by Crippen LogP contribution is 2.68. The molecule has 2 bridgehead atoms. The maximum atomic E-state index is 14.0. The van der Waals surface area contributed by atoms with Crippen LogP contribution in [0.3, 0.4) is 0 Å². The van der Waals surface area contributed by atoms with E-state index < -0.39 is 0 Å². The third kappa shape index (κ3) is 4.86. The molecule has 2 N–H and O–H groups in total. The van der Waals surface area contributed by atoms with Crippen LogP contribution in [0.2, 0.25) is 5.02 Å². The molecule has 3 amide bonds. The molecule has 3 aromatic carbocycles. The van der Waals surface area contributed by atoms with Crippen LogP contribution >= 0.6 is 50.6 Å². The van der Waals surface area contributed by atoms with E-state index in [1.807, 2.05) is 30.3 Å². The van der Waals surface area contributed by atoms with Gasteiger partial charge in [0.05, 0.1) is 22.5 Å². The minimum absolute atomic E-state index is 0.000483. The average molecular weight is 723 g/mol. The molecule has 2 aliphatic heterocycles. The van der Waals surface area contributed by atoms with Crippen molar-refractivity contribution in [3.63, 3.8) is 0 Å². The van der Waals surface area contributed by atoms with Gasteiger partial charge in [-0.05, 0) is 90.4 Å². The molecule has 4 aromatic rings. The lowest BCUT2D eigenvalue weighted by Gasteiger charge is -2.43. The first-order chi connectivity index (χ1) is 21.8. The Hall–Kier alpha value is -3.38. The number of hydrogen-bond donors (Lipinski definition) is 2. The lowest BCUT2D eigenvalue weighted by molar-refractivity contribution is -0.123. The van der Waals surface area contributed by atoms with Crippen LogP contribution in [-0.4, -0.2) is 34.6 Å². The van der Waals surface area contributed by atoms with Crippen LogP contribution in [0.5, 0.6) is 5.75 Å². The Morgan fingerprint density at radius 1 is 1.00 bits per heavy atom. The summed E-state index contributed by atoms with van der Waals surface area (Å²) in [7, 11) is 0. The molecule has 1 saturated heterocycles. The summed E-state index contributed by atoms with van der Waals surface area (Å²) in [4.78, 5) is 58.3. The monoisotopic (exact) mass is 721 g/mol. The zero-order valence-electron chi connectivity index (χ0n) is 23.4. The second-order valence-electron chi connectivity index (χ2n) is 11.9. The van der Waals surface area contributed by atoms with E-state index in [-0.39, 0.29) is 70.0 Å². The van der Waals surface area contributed by atoms with E-state index in [4.69, 9.17) is 16.3 Å². The summed E-state index contributed by atoms with van der Waals surface area (Å²) in [5.41, 5.74) is 2.18. The number of anilines is 2. The summed E-state index contributed by atoms with van der Waals surface area (Å²) in [5, 5.41) is 4.30. The van der Waals surface area contributed by atoms with Crippen molar-refractivity contribution in [3.05, 3.63) is 102 Å². The van der Waals surface area contributed by atoms with Crippen molar-refractivity contribution in [3.8, 4) is 5.75 Å². The van der Waals surface area contributed by atoms with Crippen LogP contribution in [0.4, 0.5) is 11.4 Å². The van der Waals surface area contributed by atoms with Crippen LogP contribution in [0.25, 0.3) is 0 Å². The lowest BCUT2D eigenvalue weighted by Crippen LogP contribution is -2.42. The zero-order chi connectivity index (χ0) is 31.0. The topological polar surface area (TPSA) is 109 Å². The van der Waals surface area contributed by atoms with Gasteiger partial charge in [0, 0.05) is 31.2 Å². The van der Waals surface area contributed by atoms with E-state index in [2.05, 4.69) is 26.2 Å². The Kier molecular flexibility index (Phi) is 7.20. The molecule has 228 valence electrons. The number of rotatable bonds is 6. The molecule has 8 rings (SSSR count). The van der Waals surface area contributed by atoms with Crippen LogP contribution in [-0.2, 0) is 14.4 Å². The summed E-state index contributed by atoms with van der Waals surface area (Å²) in [6.45, 7) is -0.182. The number of aromatic amines is 1. The minimum atomic E-state index is -0.385. The normalized spacial score (nSPS) is 27.7. The number of imide groups is 1. The van der Waals surface area contributed by atoms with E-state index in [9.17, 15) is 19.2 Å². The van der Waals surface area contributed by atoms with Gasteiger partial charge in [0.15, 0.2) is 6.61 Å². The highest BCUT2D eigenvalue weighted by Gasteiger charge is 2.69. The van der Waals surface area contributed by atoms with Gasteiger partial charge < -0.3 is 15.0 Å². The molecule has 3 fully saturated rings. The summed E-state index contributed by atoms with van der Waals surface area (Å²) in [5.74, 6) is -0.820. The van der Waals surface area contributed by atoms with E-state index in [1.165, 1.54) is 16.2 Å². The Balaban J connectivity index is 1.08. The maximum Gasteiger partial charge on any atom is 0.305 e. The number of nitrogens with zero attached hydrogens (tertiary/aromatic N) is 1. The van der Waals surface area contributed by atoms with Crippen LogP contribution < -0.4 is 19.8 Å². The smallest absolute Gasteiger partial charge is 0.305 e. The number of carbonyl (C=O) groups excluding carboxylic acids is 3. The number of fused-ring (bicyclic) bond motifs is 9. The van der Waals surface area contributed by atoms with E-state index in [1.54, 1.807) is 54.2 Å². The Morgan fingerprint density at radius 3 is 2.49 bits per heavy atom. The van der Waals surface area contributed by atoms with Crippen molar-refractivity contribution in [1.82, 2.24) is 4.98 Å². The molecule has 3 heterocycles. The quantitative estimate of drug-likeness (QED) is 0.219. The second-order valence-corrected chi connectivity index (χ2v) is 15.4. The average Bonchev–Trinajstić information content (AvgIpc) is 3.77. The van der Waals surface area contributed by atoms with Gasteiger partial charge in [-0.2, -0.15) is 0 Å². The fraction of sp³-hybridized carbons (Fsp3) is 0.273. The first-order valence-electron chi connectivity index (χ1n) is 14.6. The standard InChI is InChI=1S/C33H25BrClN3O5S2/c34-16-4-10-19(11-5-16)38-31(40)26-21-13-22(27(26)32(38)41)28-25(21)24(29-30(44-28)37-33(42)45-29)15-2-1-3-20(12-15)43-14-23(39)36-18-8-6-17(35)7-9-18/h1-12,21-22,24-28H,13-14H2,(H,36,39)(H,37,42)/t21?,22?,24-,25?,26?,27?,28?/m1/s1. The molecule has 2 aliphatic carbocycles. The Labute approximate surface area is 279 Å². The minimum Gasteiger partial charge on any atom is -0.484 e. The number of benzene rings is 3. The van der Waals surface area contributed by atoms with Gasteiger partial charge in [0.25, 0.3) is 5.91 Å². The number of halogens is 2. The molecule has 2 saturated carbocycles. The van der Waals surface area contributed by atoms with Crippen molar-refractivity contribution >= 4 is 79.7 Å². The molecule has 45 heavy (non-hydrogen) atoms. The number of thioether (sulfide) groups is 1. The molecule has 8 nitrogen and oxygen atoms in total. The van der Waals surface area contributed by atoms with Gasteiger partial charge in [0.2, 0.25) is 11.8 Å². The predicted octanol–water partition coefficient (Wildman–Crippen LogP) is 6.55. The van der Waals surface area contributed by atoms with Crippen LogP contribution in [0.1, 0.15) is 22.8 Å². The Bertz CT molecular complexity index is 1910. The Morgan fingerprint density at radius 2 is 1.73 bits per heavy atom. The molecule has 4 aliphatic rings. The predicted molar refractivity (Wildman–Crippen MR) is 177 cm³/mol.